The molecule has 0 fully saturated rings. The molecule has 0 saturated heterocycles. The van der Waals surface area contributed by atoms with Gasteiger partial charge in [-0.1, -0.05) is 0 Å². The minimum Gasteiger partial charge on any atom is -0.295 e. The summed E-state index contributed by atoms with van der Waals surface area (Å²) in [5, 5.41) is 6.62. The number of hydrogen-bond donors (Lipinski definition) is 0. The second-order valence-electron chi connectivity index (χ2n) is 4.91. The third-order valence-electron chi connectivity index (χ3n) is 1.98. The van der Waals surface area contributed by atoms with E-state index in [1.54, 1.807) is 20.8 Å². The summed E-state index contributed by atoms with van der Waals surface area (Å²) in [6.45, 7) is 5.11. The molecule has 0 atom stereocenters. The number of aromatic nitrogens is 3. The summed E-state index contributed by atoms with van der Waals surface area (Å²) < 4.78 is 46.5. The molecule has 1 aromatic heterocycles. The van der Waals surface area contributed by atoms with Crippen molar-refractivity contribution in [1.29, 1.82) is 0 Å². The molecule has 0 amide bonds. The number of halogens is 1. The summed E-state index contributed by atoms with van der Waals surface area (Å²) in [6, 6.07) is 0. The Bertz CT molecular complexity index is 655. The quantitative estimate of drug-likeness (QED) is 0.753. The molecule has 0 N–H and O–H groups in total. The van der Waals surface area contributed by atoms with Crippen molar-refractivity contribution < 1.29 is 16.8 Å². The molecule has 10 heteroatoms. The van der Waals surface area contributed by atoms with E-state index in [1.807, 2.05) is 0 Å². The van der Waals surface area contributed by atoms with Crippen LogP contribution in [0.15, 0.2) is 5.16 Å². The number of sulfone groups is 1. The average molecular weight is 316 g/mol. The zero-order valence-corrected chi connectivity index (χ0v) is 12.8. The minimum absolute atomic E-state index is 0.0456. The van der Waals surface area contributed by atoms with E-state index in [4.69, 9.17) is 10.7 Å². The molecule has 1 rings (SSSR count). The molecule has 0 unspecified atom stereocenters. The normalized spacial score (nSPS) is 13.8. The summed E-state index contributed by atoms with van der Waals surface area (Å²) >= 11 is 0. The molecule has 0 aliphatic rings. The van der Waals surface area contributed by atoms with E-state index < -0.39 is 35.3 Å². The molecule has 104 valence electrons. The Morgan fingerprint density at radius 1 is 1.17 bits per heavy atom. The van der Waals surface area contributed by atoms with Gasteiger partial charge in [0.2, 0.25) is 0 Å². The van der Waals surface area contributed by atoms with Crippen molar-refractivity contribution in [3.63, 3.8) is 0 Å². The zero-order valence-electron chi connectivity index (χ0n) is 10.4. The van der Waals surface area contributed by atoms with E-state index in [9.17, 15) is 16.8 Å². The van der Waals surface area contributed by atoms with Crippen LogP contribution in [-0.2, 0) is 30.2 Å². The van der Waals surface area contributed by atoms with Gasteiger partial charge in [-0.05, 0) is 20.8 Å². The van der Waals surface area contributed by atoms with E-state index in [1.165, 1.54) is 4.57 Å². The number of rotatable bonds is 3. The van der Waals surface area contributed by atoms with Crippen LogP contribution in [0.1, 0.15) is 26.6 Å². The number of hydrogen-bond acceptors (Lipinski definition) is 6. The highest BCUT2D eigenvalue weighted by Gasteiger charge is 2.30. The predicted octanol–water partition coefficient (Wildman–Crippen LogP) is 0.505. The average Bonchev–Trinajstić information content (AvgIpc) is 2.41. The summed E-state index contributed by atoms with van der Waals surface area (Å²) in [5.41, 5.74) is -0.708. The highest BCUT2D eigenvalue weighted by atomic mass is 35.7. The van der Waals surface area contributed by atoms with Crippen LogP contribution >= 0.6 is 10.7 Å². The lowest BCUT2D eigenvalue weighted by Crippen LogP contribution is -2.27. The van der Waals surface area contributed by atoms with Crippen molar-refractivity contribution in [2.75, 3.05) is 6.26 Å². The Balaban J connectivity index is 3.54. The molecule has 0 aliphatic heterocycles. The van der Waals surface area contributed by atoms with Crippen LogP contribution in [0.5, 0.6) is 0 Å². The Labute approximate surface area is 111 Å². The van der Waals surface area contributed by atoms with E-state index in [2.05, 4.69) is 10.2 Å². The van der Waals surface area contributed by atoms with Crippen LogP contribution in [0.25, 0.3) is 0 Å². The molecular weight excluding hydrogens is 302 g/mol. The predicted molar refractivity (Wildman–Crippen MR) is 66.6 cm³/mol. The van der Waals surface area contributed by atoms with E-state index in [0.717, 1.165) is 6.26 Å². The van der Waals surface area contributed by atoms with Gasteiger partial charge in [-0.15, -0.1) is 10.2 Å². The molecule has 7 nitrogen and oxygen atoms in total. The van der Waals surface area contributed by atoms with Gasteiger partial charge in [-0.2, -0.15) is 0 Å². The van der Waals surface area contributed by atoms with Gasteiger partial charge in [0.25, 0.3) is 14.2 Å². The van der Waals surface area contributed by atoms with Gasteiger partial charge in [0.05, 0.1) is 0 Å². The topological polar surface area (TPSA) is 99.0 Å². The van der Waals surface area contributed by atoms with Crippen molar-refractivity contribution >= 4 is 29.6 Å². The maximum atomic E-state index is 11.4. The molecular formula is C8H14ClN3O4S2. The molecule has 0 aromatic carbocycles. The summed E-state index contributed by atoms with van der Waals surface area (Å²) in [4.78, 5) is 0. The fourth-order valence-electron chi connectivity index (χ4n) is 1.46. The van der Waals surface area contributed by atoms with Crippen molar-refractivity contribution in [3.05, 3.63) is 5.82 Å². The Morgan fingerprint density at radius 3 is 2.00 bits per heavy atom. The van der Waals surface area contributed by atoms with Crippen LogP contribution in [-0.4, -0.2) is 37.9 Å². The largest absolute Gasteiger partial charge is 0.296 e. The molecule has 0 bridgehead atoms. The van der Waals surface area contributed by atoms with Crippen LogP contribution in [0.3, 0.4) is 0 Å². The SMILES string of the molecule is CC(C)(C)n1c(CS(C)(=O)=O)nnc1S(=O)(=O)Cl. The Morgan fingerprint density at radius 2 is 1.67 bits per heavy atom. The molecule has 1 heterocycles. The Hall–Kier alpha value is -0.670. The Kier molecular flexibility index (Phi) is 3.81. The van der Waals surface area contributed by atoms with Gasteiger partial charge >= 0.3 is 0 Å². The molecule has 0 spiro atoms. The number of nitrogens with zero attached hydrogens (tertiary/aromatic N) is 3. The zero-order chi connectivity index (χ0) is 14.4. The van der Waals surface area contributed by atoms with E-state index >= 15 is 0 Å². The van der Waals surface area contributed by atoms with Gasteiger partial charge in [-0.3, -0.25) is 4.57 Å². The summed E-state index contributed by atoms with van der Waals surface area (Å²) in [5.74, 6) is -0.354. The van der Waals surface area contributed by atoms with Crippen LogP contribution in [0, 0.1) is 0 Å². The second kappa shape index (κ2) is 4.46. The molecule has 18 heavy (non-hydrogen) atoms. The van der Waals surface area contributed by atoms with Gasteiger partial charge in [-0.25, -0.2) is 16.8 Å². The van der Waals surface area contributed by atoms with Gasteiger partial charge in [0, 0.05) is 22.5 Å². The fourth-order valence-corrected chi connectivity index (χ4v) is 3.15. The van der Waals surface area contributed by atoms with Crippen LogP contribution in [0.2, 0.25) is 0 Å². The first-order valence-electron chi connectivity index (χ1n) is 4.89. The van der Waals surface area contributed by atoms with Gasteiger partial charge in [0.15, 0.2) is 9.84 Å². The van der Waals surface area contributed by atoms with Crippen molar-refractivity contribution in [3.8, 4) is 0 Å². The lowest BCUT2D eigenvalue weighted by Gasteiger charge is -2.23. The van der Waals surface area contributed by atoms with E-state index in [0.29, 0.717) is 0 Å². The maximum Gasteiger partial charge on any atom is 0.296 e. The van der Waals surface area contributed by atoms with Crippen molar-refractivity contribution in [1.82, 2.24) is 14.8 Å². The summed E-state index contributed by atoms with van der Waals surface area (Å²) in [6.07, 6.45) is 1.03. The standard InChI is InChI=1S/C8H14ClN3O4S2/c1-8(2,3)12-6(5-17(4,13)14)10-11-7(12)18(9,15)16/h5H2,1-4H3. The molecule has 0 radical (unpaired) electrons. The highest BCUT2D eigenvalue weighted by Crippen LogP contribution is 2.24. The molecule has 0 aliphatic carbocycles. The molecule has 0 saturated carbocycles. The smallest absolute Gasteiger partial charge is 0.295 e. The lowest BCUT2D eigenvalue weighted by atomic mass is 10.1. The first kappa shape index (κ1) is 15.4. The third-order valence-corrected chi connectivity index (χ3v) is 3.88. The monoisotopic (exact) mass is 315 g/mol. The second-order valence-corrected chi connectivity index (χ2v) is 9.51. The first-order valence-corrected chi connectivity index (χ1v) is 9.26. The minimum atomic E-state index is -4.08. The van der Waals surface area contributed by atoms with Crippen molar-refractivity contribution in [2.45, 2.75) is 37.2 Å². The van der Waals surface area contributed by atoms with E-state index in [-0.39, 0.29) is 5.82 Å². The van der Waals surface area contributed by atoms with Gasteiger partial charge in [0.1, 0.15) is 11.6 Å². The first-order chi connectivity index (χ1) is 7.82. The van der Waals surface area contributed by atoms with Crippen LogP contribution < -0.4 is 0 Å². The summed E-state index contributed by atoms with van der Waals surface area (Å²) in [7, 11) is -2.18. The lowest BCUT2D eigenvalue weighted by molar-refractivity contribution is 0.354. The van der Waals surface area contributed by atoms with Gasteiger partial charge < -0.3 is 0 Å². The van der Waals surface area contributed by atoms with Crippen LogP contribution in [0.4, 0.5) is 0 Å². The third kappa shape index (κ3) is 3.66. The highest BCUT2D eigenvalue weighted by molar-refractivity contribution is 8.13. The molecule has 1 aromatic rings. The maximum absolute atomic E-state index is 11.4. The van der Waals surface area contributed by atoms with Crippen molar-refractivity contribution in [2.24, 2.45) is 0 Å². The fraction of sp³-hybridized carbons (Fsp3) is 0.750.